The van der Waals surface area contributed by atoms with Crippen molar-refractivity contribution in [1.82, 2.24) is 4.72 Å². The molecular formula is C19H21N3O5S. The fraction of sp³-hybridized carbons (Fsp3) is 0.263. The summed E-state index contributed by atoms with van der Waals surface area (Å²) in [5.74, 6) is 0.988. The first-order chi connectivity index (χ1) is 13.4. The second kappa shape index (κ2) is 8.30. The van der Waals surface area contributed by atoms with E-state index in [-0.39, 0.29) is 4.90 Å². The van der Waals surface area contributed by atoms with Crippen molar-refractivity contribution in [3.63, 3.8) is 0 Å². The topological polar surface area (TPSA) is 106 Å². The lowest BCUT2D eigenvalue weighted by Crippen LogP contribution is -2.29. The highest BCUT2D eigenvalue weighted by Gasteiger charge is 2.19. The molecule has 0 aromatic heterocycles. The molecule has 2 N–H and O–H groups in total. The van der Waals surface area contributed by atoms with Crippen molar-refractivity contribution < 1.29 is 22.7 Å². The van der Waals surface area contributed by atoms with Gasteiger partial charge in [-0.1, -0.05) is 6.07 Å². The zero-order chi connectivity index (χ0) is 20.1. The molecule has 3 rings (SSSR count). The molecule has 8 nitrogen and oxygen atoms in total. The Morgan fingerprint density at radius 3 is 2.39 bits per heavy atom. The van der Waals surface area contributed by atoms with Crippen LogP contribution in [-0.4, -0.2) is 40.9 Å². The van der Waals surface area contributed by atoms with Crippen molar-refractivity contribution in [2.75, 3.05) is 26.1 Å². The maximum Gasteiger partial charge on any atom is 0.262 e. The van der Waals surface area contributed by atoms with E-state index < -0.39 is 15.9 Å². The number of nitrogens with zero attached hydrogens (tertiary/aromatic N) is 1. The SMILES string of the molecule is COc1cc(OC)cc(C(=O)Nc2cccc(S(=O)(=O)NC3=NCCC3)c2)c1. The molecule has 1 aliphatic heterocycles. The Morgan fingerprint density at radius 1 is 1.07 bits per heavy atom. The van der Waals surface area contributed by atoms with Crippen LogP contribution in [0.5, 0.6) is 11.5 Å². The molecule has 9 heteroatoms. The maximum atomic E-state index is 12.6. The fourth-order valence-electron chi connectivity index (χ4n) is 2.72. The molecule has 0 unspecified atom stereocenters. The highest BCUT2D eigenvalue weighted by Crippen LogP contribution is 2.24. The van der Waals surface area contributed by atoms with E-state index in [0.717, 1.165) is 6.42 Å². The zero-order valence-electron chi connectivity index (χ0n) is 15.6. The van der Waals surface area contributed by atoms with E-state index in [9.17, 15) is 13.2 Å². The van der Waals surface area contributed by atoms with Gasteiger partial charge in [-0.15, -0.1) is 0 Å². The van der Waals surface area contributed by atoms with E-state index in [4.69, 9.17) is 9.47 Å². The molecule has 1 heterocycles. The molecule has 0 atom stereocenters. The van der Waals surface area contributed by atoms with Crippen molar-refractivity contribution in [1.29, 1.82) is 0 Å². The average molecular weight is 403 g/mol. The van der Waals surface area contributed by atoms with Crippen LogP contribution in [-0.2, 0) is 10.0 Å². The van der Waals surface area contributed by atoms with Crippen molar-refractivity contribution in [3.05, 3.63) is 48.0 Å². The number of benzene rings is 2. The summed E-state index contributed by atoms with van der Waals surface area (Å²) in [6.07, 6.45) is 1.44. The molecule has 0 aliphatic carbocycles. The standard InChI is InChI=1S/C19H21N3O5S/c1-26-15-9-13(10-16(12-15)27-2)19(23)21-14-5-3-6-17(11-14)28(24,25)22-18-7-4-8-20-18/h3,5-6,9-12H,4,7-8H2,1-2H3,(H,20,22)(H,21,23). The van der Waals surface area contributed by atoms with Gasteiger partial charge in [0.1, 0.15) is 17.3 Å². The minimum atomic E-state index is -3.76. The van der Waals surface area contributed by atoms with Gasteiger partial charge < -0.3 is 14.8 Å². The third-order valence-electron chi connectivity index (χ3n) is 4.14. The quantitative estimate of drug-likeness (QED) is 0.771. The molecule has 1 amide bonds. The smallest absolute Gasteiger partial charge is 0.262 e. The number of rotatable bonds is 6. The number of amides is 1. The summed E-state index contributed by atoms with van der Waals surface area (Å²) < 4.78 is 37.9. The van der Waals surface area contributed by atoms with Crippen LogP contribution in [0.25, 0.3) is 0 Å². The molecule has 2 aromatic rings. The first-order valence-corrected chi connectivity index (χ1v) is 10.1. The van der Waals surface area contributed by atoms with Gasteiger partial charge in [-0.25, -0.2) is 8.42 Å². The van der Waals surface area contributed by atoms with Crippen molar-refractivity contribution in [2.45, 2.75) is 17.7 Å². The van der Waals surface area contributed by atoms with Crippen LogP contribution >= 0.6 is 0 Å². The summed E-state index contributed by atoms with van der Waals surface area (Å²) in [6, 6.07) is 10.8. The summed E-state index contributed by atoms with van der Waals surface area (Å²) in [6.45, 7) is 0.623. The number of carbonyl (C=O) groups excluding carboxylic acids is 1. The van der Waals surface area contributed by atoms with Gasteiger partial charge in [-0.05, 0) is 36.8 Å². The van der Waals surface area contributed by atoms with Gasteiger partial charge in [-0.3, -0.25) is 14.5 Å². The summed E-state index contributed by atoms with van der Waals surface area (Å²) in [7, 11) is -0.775. The second-order valence-electron chi connectivity index (χ2n) is 6.12. The monoisotopic (exact) mass is 403 g/mol. The van der Waals surface area contributed by atoms with E-state index in [2.05, 4.69) is 15.0 Å². The number of nitrogens with one attached hydrogen (secondary N) is 2. The van der Waals surface area contributed by atoms with Gasteiger partial charge in [-0.2, -0.15) is 0 Å². The molecule has 1 aliphatic rings. The summed E-state index contributed by atoms with van der Waals surface area (Å²) in [5, 5.41) is 2.69. The predicted molar refractivity (Wildman–Crippen MR) is 106 cm³/mol. The Hall–Kier alpha value is -3.07. The number of anilines is 1. The molecule has 148 valence electrons. The van der Waals surface area contributed by atoms with Crippen molar-refractivity contribution >= 4 is 27.5 Å². The van der Waals surface area contributed by atoms with Gasteiger partial charge in [0, 0.05) is 30.3 Å². The lowest BCUT2D eigenvalue weighted by Gasteiger charge is -2.11. The summed E-state index contributed by atoms with van der Waals surface area (Å²) in [5.41, 5.74) is 0.672. The van der Waals surface area contributed by atoms with E-state index in [1.54, 1.807) is 30.3 Å². The van der Waals surface area contributed by atoms with Crippen molar-refractivity contribution in [3.8, 4) is 11.5 Å². The van der Waals surface area contributed by atoms with Crippen LogP contribution in [0.1, 0.15) is 23.2 Å². The van der Waals surface area contributed by atoms with Gasteiger partial charge in [0.2, 0.25) is 0 Å². The van der Waals surface area contributed by atoms with Gasteiger partial charge in [0.05, 0.1) is 19.1 Å². The van der Waals surface area contributed by atoms with E-state index >= 15 is 0 Å². The normalized spacial score (nSPS) is 13.6. The van der Waals surface area contributed by atoms with Crippen LogP contribution in [0.15, 0.2) is 52.4 Å². The number of methoxy groups -OCH3 is 2. The van der Waals surface area contributed by atoms with Gasteiger partial charge >= 0.3 is 0 Å². The molecule has 0 bridgehead atoms. The highest BCUT2D eigenvalue weighted by molar-refractivity contribution is 7.90. The van der Waals surface area contributed by atoms with Gasteiger partial charge in [0.25, 0.3) is 15.9 Å². The Balaban J connectivity index is 1.80. The van der Waals surface area contributed by atoms with Crippen LogP contribution < -0.4 is 19.5 Å². The molecule has 0 saturated carbocycles. The van der Waals surface area contributed by atoms with Crippen LogP contribution in [0.4, 0.5) is 5.69 Å². The molecule has 0 fully saturated rings. The molecule has 0 radical (unpaired) electrons. The van der Waals surface area contributed by atoms with Crippen LogP contribution in [0, 0.1) is 0 Å². The molecule has 0 saturated heterocycles. The number of aliphatic imine (C=N–C) groups is 1. The number of amidine groups is 1. The van der Waals surface area contributed by atoms with Crippen LogP contribution in [0.3, 0.4) is 0 Å². The third-order valence-corrected chi connectivity index (χ3v) is 5.52. The minimum absolute atomic E-state index is 0.0446. The molecule has 2 aromatic carbocycles. The first kappa shape index (κ1) is 19.7. The summed E-state index contributed by atoms with van der Waals surface area (Å²) in [4.78, 5) is 16.8. The Labute approximate surface area is 163 Å². The van der Waals surface area contributed by atoms with E-state index in [1.807, 2.05) is 0 Å². The van der Waals surface area contributed by atoms with Crippen LogP contribution in [0.2, 0.25) is 0 Å². The Morgan fingerprint density at radius 2 is 1.79 bits per heavy atom. The number of carbonyl (C=O) groups is 1. The molecular weight excluding hydrogens is 382 g/mol. The zero-order valence-corrected chi connectivity index (χ0v) is 16.4. The fourth-order valence-corrected chi connectivity index (χ4v) is 3.85. The van der Waals surface area contributed by atoms with E-state index in [1.165, 1.54) is 26.4 Å². The second-order valence-corrected chi connectivity index (χ2v) is 7.80. The third kappa shape index (κ3) is 4.61. The average Bonchev–Trinajstić information content (AvgIpc) is 3.20. The largest absolute Gasteiger partial charge is 0.497 e. The highest BCUT2D eigenvalue weighted by atomic mass is 32.2. The lowest BCUT2D eigenvalue weighted by molar-refractivity contribution is 0.102. The van der Waals surface area contributed by atoms with E-state index in [0.29, 0.717) is 41.6 Å². The minimum Gasteiger partial charge on any atom is -0.497 e. The molecule has 0 spiro atoms. The Kier molecular flexibility index (Phi) is 5.84. The lowest BCUT2D eigenvalue weighted by atomic mass is 10.2. The number of sulfonamides is 1. The predicted octanol–water partition coefficient (Wildman–Crippen LogP) is 2.43. The van der Waals surface area contributed by atoms with Gasteiger partial charge in [0.15, 0.2) is 0 Å². The Bertz CT molecular complexity index is 996. The summed E-state index contributed by atoms with van der Waals surface area (Å²) >= 11 is 0. The first-order valence-electron chi connectivity index (χ1n) is 8.62. The number of hydrogen-bond donors (Lipinski definition) is 2. The maximum absolute atomic E-state index is 12.6. The van der Waals surface area contributed by atoms with Crippen molar-refractivity contribution in [2.24, 2.45) is 4.99 Å². The number of ether oxygens (including phenoxy) is 2. The molecule has 28 heavy (non-hydrogen) atoms. The number of hydrogen-bond acceptors (Lipinski definition) is 6.